The maximum atomic E-state index is 3.20. The molecule has 7 heavy (non-hydrogen) atoms. The van der Waals surface area contributed by atoms with Gasteiger partial charge in [0.15, 0.2) is 0 Å². The van der Waals surface area contributed by atoms with Crippen molar-refractivity contribution in [3.8, 4) is 0 Å². The van der Waals surface area contributed by atoms with Crippen LogP contribution in [-0.4, -0.2) is 22.2 Å². The predicted molar refractivity (Wildman–Crippen MR) is 35.0 cm³/mol. The van der Waals surface area contributed by atoms with E-state index < -0.39 is 0 Å². The first-order valence-electron chi connectivity index (χ1n) is 1.50. The van der Waals surface area contributed by atoms with Crippen LogP contribution in [0.15, 0.2) is 0 Å². The SMILES string of the molecule is C[N+](C)=C(Br)Br.[Br-]. The number of hydrogen-bond acceptors (Lipinski definition) is 0. The van der Waals surface area contributed by atoms with Gasteiger partial charge in [-0.3, -0.25) is 0 Å². The van der Waals surface area contributed by atoms with Crippen LogP contribution in [0.4, 0.5) is 0 Å². The topological polar surface area (TPSA) is 3.01 Å². The minimum atomic E-state index is 0. The van der Waals surface area contributed by atoms with Crippen molar-refractivity contribution in [2.24, 2.45) is 0 Å². The smallest absolute Gasteiger partial charge is 0.284 e. The van der Waals surface area contributed by atoms with Crippen LogP contribution in [0.2, 0.25) is 0 Å². The van der Waals surface area contributed by atoms with Gasteiger partial charge < -0.3 is 17.0 Å². The molecule has 0 fully saturated rings. The minimum Gasteiger partial charge on any atom is -1.00 e. The highest BCUT2D eigenvalue weighted by atomic mass is 79.9. The summed E-state index contributed by atoms with van der Waals surface area (Å²) in [6.45, 7) is 0. The van der Waals surface area contributed by atoms with Crippen LogP contribution in [0.25, 0.3) is 0 Å². The second-order valence-corrected chi connectivity index (χ2v) is 3.70. The maximum Gasteiger partial charge on any atom is 0.284 e. The normalized spacial score (nSPS) is 6.86. The molecule has 0 spiro atoms. The monoisotopic (exact) mass is 293 g/mol. The molecule has 0 aliphatic carbocycles. The molecule has 44 valence electrons. The Balaban J connectivity index is 0. The molecule has 0 unspecified atom stereocenters. The molecule has 0 atom stereocenters. The molecular formula is C3H6Br3N. The largest absolute Gasteiger partial charge is 1.00 e. The predicted octanol–water partition coefficient (Wildman–Crippen LogP) is -1.59. The van der Waals surface area contributed by atoms with Gasteiger partial charge in [0.25, 0.3) is 3.53 Å². The van der Waals surface area contributed by atoms with Crippen molar-refractivity contribution < 1.29 is 21.6 Å². The average molecular weight is 296 g/mol. The lowest BCUT2D eigenvalue weighted by Gasteiger charge is -1.78. The Morgan fingerprint density at radius 3 is 1.43 bits per heavy atom. The molecule has 4 heteroatoms. The Morgan fingerprint density at radius 1 is 1.29 bits per heavy atom. The lowest BCUT2D eigenvalue weighted by atomic mass is 11.1. The van der Waals surface area contributed by atoms with E-state index in [-0.39, 0.29) is 17.0 Å². The van der Waals surface area contributed by atoms with Crippen molar-refractivity contribution in [2.45, 2.75) is 0 Å². The van der Waals surface area contributed by atoms with Crippen LogP contribution in [0.1, 0.15) is 0 Å². The van der Waals surface area contributed by atoms with Gasteiger partial charge in [-0.05, 0) is 0 Å². The summed E-state index contributed by atoms with van der Waals surface area (Å²) in [6, 6.07) is 0. The van der Waals surface area contributed by atoms with Crippen LogP contribution in [0, 0.1) is 0 Å². The van der Waals surface area contributed by atoms with E-state index in [2.05, 4.69) is 31.9 Å². The fourth-order valence-corrected chi connectivity index (χ4v) is 0. The first kappa shape index (κ1) is 11.0. The summed E-state index contributed by atoms with van der Waals surface area (Å²) < 4.78 is 2.88. The first-order valence-corrected chi connectivity index (χ1v) is 3.08. The number of nitrogens with zero attached hydrogens (tertiary/aromatic N) is 1. The van der Waals surface area contributed by atoms with E-state index in [0.717, 1.165) is 3.53 Å². The summed E-state index contributed by atoms with van der Waals surface area (Å²) in [4.78, 5) is 0. The molecule has 0 bridgehead atoms. The molecule has 0 aliphatic rings. The minimum absolute atomic E-state index is 0. The van der Waals surface area contributed by atoms with Crippen molar-refractivity contribution in [1.29, 1.82) is 0 Å². The molecule has 0 N–H and O–H groups in total. The summed E-state index contributed by atoms with van der Waals surface area (Å²) in [6.07, 6.45) is 0. The van der Waals surface area contributed by atoms with E-state index >= 15 is 0 Å². The lowest BCUT2D eigenvalue weighted by Crippen LogP contribution is -3.00. The Morgan fingerprint density at radius 2 is 1.43 bits per heavy atom. The third-order valence-corrected chi connectivity index (χ3v) is 1.76. The van der Waals surface area contributed by atoms with Crippen LogP contribution in [0.5, 0.6) is 0 Å². The second-order valence-electron chi connectivity index (χ2n) is 1.13. The Labute approximate surface area is 70.8 Å². The molecule has 0 aromatic heterocycles. The third-order valence-electron chi connectivity index (χ3n) is 0.338. The van der Waals surface area contributed by atoms with Gasteiger partial charge in [-0.2, -0.15) is 0 Å². The van der Waals surface area contributed by atoms with E-state index in [9.17, 15) is 0 Å². The number of hydrogen-bond donors (Lipinski definition) is 0. The summed E-state index contributed by atoms with van der Waals surface area (Å²) in [5.74, 6) is 0. The van der Waals surface area contributed by atoms with Crippen LogP contribution in [0.3, 0.4) is 0 Å². The highest BCUT2D eigenvalue weighted by Gasteiger charge is 1.89. The third kappa shape index (κ3) is 7.11. The van der Waals surface area contributed by atoms with Crippen molar-refractivity contribution >= 4 is 35.4 Å². The molecule has 0 saturated carbocycles. The average Bonchev–Trinajstić information content (AvgIpc) is 1.36. The molecule has 0 amide bonds. The molecule has 0 aromatic carbocycles. The standard InChI is InChI=1S/C3H6Br2N.BrH/c1-6(2)3(4)5;/h1-2H3;1H/q+1;/p-1. The molecule has 0 saturated heterocycles. The fourth-order valence-electron chi connectivity index (χ4n) is 0. The van der Waals surface area contributed by atoms with Gasteiger partial charge in [0.2, 0.25) is 0 Å². The summed E-state index contributed by atoms with van der Waals surface area (Å²) in [5, 5.41) is 0. The van der Waals surface area contributed by atoms with Crippen LogP contribution < -0.4 is 17.0 Å². The van der Waals surface area contributed by atoms with Crippen molar-refractivity contribution in [1.82, 2.24) is 0 Å². The molecule has 1 nitrogen and oxygen atoms in total. The van der Waals surface area contributed by atoms with Crippen molar-refractivity contribution in [2.75, 3.05) is 14.1 Å². The van der Waals surface area contributed by atoms with E-state index in [1.807, 2.05) is 18.7 Å². The molecule has 0 heterocycles. The van der Waals surface area contributed by atoms with Gasteiger partial charge in [0.1, 0.15) is 14.1 Å². The van der Waals surface area contributed by atoms with Crippen LogP contribution >= 0.6 is 31.9 Å². The van der Waals surface area contributed by atoms with Crippen LogP contribution in [-0.2, 0) is 0 Å². The van der Waals surface area contributed by atoms with E-state index in [1.165, 1.54) is 0 Å². The zero-order valence-electron chi connectivity index (χ0n) is 4.08. The van der Waals surface area contributed by atoms with E-state index in [4.69, 9.17) is 0 Å². The molecule has 0 radical (unpaired) electrons. The highest BCUT2D eigenvalue weighted by Crippen LogP contribution is 1.94. The van der Waals surface area contributed by atoms with E-state index in [0.29, 0.717) is 0 Å². The van der Waals surface area contributed by atoms with Gasteiger partial charge in [0.05, 0.1) is 0 Å². The summed E-state index contributed by atoms with van der Waals surface area (Å²) >= 11 is 6.40. The zero-order valence-corrected chi connectivity index (χ0v) is 8.84. The van der Waals surface area contributed by atoms with Gasteiger partial charge >= 0.3 is 0 Å². The molecule has 0 aromatic rings. The molecular weight excluding hydrogens is 290 g/mol. The fraction of sp³-hybridized carbons (Fsp3) is 0.667. The van der Waals surface area contributed by atoms with Gasteiger partial charge in [-0.1, -0.05) is 0 Å². The molecule has 0 rings (SSSR count). The number of rotatable bonds is 0. The lowest BCUT2D eigenvalue weighted by molar-refractivity contribution is -0.457. The van der Waals surface area contributed by atoms with Crippen molar-refractivity contribution in [3.63, 3.8) is 0 Å². The Bertz CT molecular complexity index is 60.2. The van der Waals surface area contributed by atoms with Gasteiger partial charge in [-0.25, -0.2) is 4.58 Å². The molecule has 0 aliphatic heterocycles. The van der Waals surface area contributed by atoms with Gasteiger partial charge in [0, 0.05) is 31.9 Å². The highest BCUT2D eigenvalue weighted by molar-refractivity contribution is 9.39. The van der Waals surface area contributed by atoms with Crippen molar-refractivity contribution in [3.05, 3.63) is 0 Å². The second kappa shape index (κ2) is 5.25. The quantitative estimate of drug-likeness (QED) is 0.374. The van der Waals surface area contributed by atoms with E-state index in [1.54, 1.807) is 0 Å². The summed E-state index contributed by atoms with van der Waals surface area (Å²) in [7, 11) is 3.89. The summed E-state index contributed by atoms with van der Waals surface area (Å²) in [5.41, 5.74) is 0. The Kier molecular flexibility index (Phi) is 8.24. The zero-order chi connectivity index (χ0) is 5.15. The Hall–Kier alpha value is 1.11. The van der Waals surface area contributed by atoms with Gasteiger partial charge in [-0.15, -0.1) is 0 Å². The maximum absolute atomic E-state index is 3.20. The first-order chi connectivity index (χ1) is 2.64. The number of halogens is 3.